The van der Waals surface area contributed by atoms with Crippen molar-refractivity contribution < 1.29 is 40.8 Å². The van der Waals surface area contributed by atoms with E-state index in [0.717, 1.165) is 0 Å². The van der Waals surface area contributed by atoms with Crippen LogP contribution in [0, 0.1) is 0 Å². The van der Waals surface area contributed by atoms with Crippen molar-refractivity contribution in [3.63, 3.8) is 0 Å². The lowest BCUT2D eigenvalue weighted by atomic mass is 9.95. The molecule has 1 saturated carbocycles. The summed E-state index contributed by atoms with van der Waals surface area (Å²) in [6, 6.07) is 0. The van der Waals surface area contributed by atoms with E-state index >= 15 is 0 Å². The van der Waals surface area contributed by atoms with Crippen LogP contribution < -0.4 is 4.28 Å². The monoisotopic (exact) mass is 327 g/mol. The van der Waals surface area contributed by atoms with Gasteiger partial charge in [0, 0.05) is 23.0 Å². The van der Waals surface area contributed by atoms with E-state index in [9.17, 15) is 31.8 Å². The van der Waals surface area contributed by atoms with Gasteiger partial charge < -0.3 is 14.9 Å². The van der Waals surface area contributed by atoms with Gasteiger partial charge in [-0.15, -0.1) is 0 Å². The van der Waals surface area contributed by atoms with E-state index in [4.69, 9.17) is 4.74 Å². The average Bonchev–Trinajstić information content (AvgIpc) is 2.90. The SMILES string of the molecule is O=S(=O)(On1c(O)c2c(c1O)C1CC2C2OC12)C(F)(F)F. The zero-order valence-electron chi connectivity index (χ0n) is 10.0. The van der Waals surface area contributed by atoms with E-state index < -0.39 is 27.4 Å². The number of alkyl halides is 3. The van der Waals surface area contributed by atoms with Gasteiger partial charge in [-0.3, -0.25) is 4.28 Å². The zero-order valence-corrected chi connectivity index (χ0v) is 10.8. The van der Waals surface area contributed by atoms with Crippen LogP contribution in [0.4, 0.5) is 13.2 Å². The van der Waals surface area contributed by atoms with E-state index in [1.54, 1.807) is 0 Å². The van der Waals surface area contributed by atoms with Crippen molar-refractivity contribution in [3.8, 4) is 11.8 Å². The number of hydrogen-bond donors (Lipinski definition) is 2. The molecule has 116 valence electrons. The van der Waals surface area contributed by atoms with Crippen LogP contribution in [-0.2, 0) is 14.9 Å². The first kappa shape index (κ1) is 13.1. The predicted molar refractivity (Wildman–Crippen MR) is 58.1 cm³/mol. The van der Waals surface area contributed by atoms with Crippen molar-refractivity contribution in [1.82, 2.24) is 4.73 Å². The summed E-state index contributed by atoms with van der Waals surface area (Å²) in [5.41, 5.74) is -5.26. The Bertz CT molecular complexity index is 716. The largest absolute Gasteiger partial charge is 0.536 e. The van der Waals surface area contributed by atoms with Crippen LogP contribution in [0.2, 0.25) is 0 Å². The molecule has 2 bridgehead atoms. The van der Waals surface area contributed by atoms with Crippen molar-refractivity contribution >= 4 is 10.1 Å². The zero-order chi connectivity index (χ0) is 15.3. The summed E-state index contributed by atoms with van der Waals surface area (Å²) in [7, 11) is -5.99. The molecule has 2 aliphatic carbocycles. The quantitative estimate of drug-likeness (QED) is 0.607. The second kappa shape index (κ2) is 3.40. The maximum Gasteiger partial charge on any atom is 0.536 e. The number of fused-ring (bicyclic) bond motifs is 8. The van der Waals surface area contributed by atoms with Crippen LogP contribution in [0.25, 0.3) is 0 Å². The van der Waals surface area contributed by atoms with Crippen LogP contribution in [0.5, 0.6) is 11.8 Å². The molecule has 1 aliphatic heterocycles. The molecule has 11 heteroatoms. The number of epoxide rings is 1. The van der Waals surface area contributed by atoms with E-state index in [1.807, 2.05) is 0 Å². The second-order valence-electron chi connectivity index (χ2n) is 5.26. The van der Waals surface area contributed by atoms with Gasteiger partial charge in [0.25, 0.3) is 0 Å². The lowest BCUT2D eigenvalue weighted by molar-refractivity contribution is -0.0554. The van der Waals surface area contributed by atoms with Crippen LogP contribution in [0.1, 0.15) is 29.4 Å². The molecule has 21 heavy (non-hydrogen) atoms. The minimum absolute atomic E-state index is 0.0859. The molecule has 0 radical (unpaired) electrons. The van der Waals surface area contributed by atoms with Crippen LogP contribution in [0.3, 0.4) is 0 Å². The highest BCUT2D eigenvalue weighted by atomic mass is 32.2. The molecule has 3 aliphatic rings. The Morgan fingerprint density at radius 3 is 2.05 bits per heavy atom. The normalized spacial score (nSPS) is 32.9. The Morgan fingerprint density at radius 2 is 1.62 bits per heavy atom. The Hall–Kier alpha value is -1.62. The van der Waals surface area contributed by atoms with Gasteiger partial charge in [0.15, 0.2) is 0 Å². The number of rotatable bonds is 2. The average molecular weight is 327 g/mol. The van der Waals surface area contributed by atoms with Crippen LogP contribution >= 0.6 is 0 Å². The van der Waals surface area contributed by atoms with Crippen molar-refractivity contribution in [2.75, 3.05) is 0 Å². The van der Waals surface area contributed by atoms with Gasteiger partial charge in [-0.25, -0.2) is 0 Å². The Kier molecular flexibility index (Phi) is 2.12. The molecule has 1 aromatic heterocycles. The second-order valence-corrected chi connectivity index (χ2v) is 6.78. The molecule has 1 aromatic rings. The molecule has 2 fully saturated rings. The highest BCUT2D eigenvalue weighted by Gasteiger charge is 2.65. The lowest BCUT2D eigenvalue weighted by Gasteiger charge is -2.12. The Labute approximate surface area is 115 Å². The lowest BCUT2D eigenvalue weighted by Crippen LogP contribution is -2.32. The van der Waals surface area contributed by atoms with E-state index in [1.165, 1.54) is 0 Å². The summed E-state index contributed by atoms with van der Waals surface area (Å²) in [6.07, 6.45) is 0.333. The summed E-state index contributed by atoms with van der Waals surface area (Å²) in [4.78, 5) is 0. The van der Waals surface area contributed by atoms with E-state index in [0.29, 0.717) is 6.42 Å². The molecule has 2 N–H and O–H groups in total. The number of aromatic nitrogens is 1. The highest BCUT2D eigenvalue weighted by molar-refractivity contribution is 7.87. The summed E-state index contributed by atoms with van der Waals surface area (Å²) >= 11 is 0. The molecular formula is C10H8F3NO6S. The highest BCUT2D eigenvalue weighted by Crippen LogP contribution is 2.66. The predicted octanol–water partition coefficient (Wildman–Crippen LogP) is 0.529. The molecule has 4 rings (SSSR count). The van der Waals surface area contributed by atoms with Crippen LogP contribution in [-0.4, -0.2) is 41.1 Å². The first-order valence-electron chi connectivity index (χ1n) is 5.96. The summed E-state index contributed by atoms with van der Waals surface area (Å²) in [5, 5.41) is 19.8. The number of aromatic hydroxyl groups is 2. The first-order chi connectivity index (χ1) is 9.63. The van der Waals surface area contributed by atoms with Gasteiger partial charge in [0.2, 0.25) is 11.8 Å². The van der Waals surface area contributed by atoms with Crippen molar-refractivity contribution in [1.29, 1.82) is 0 Å². The fraction of sp³-hybridized carbons (Fsp3) is 0.600. The molecule has 2 heterocycles. The van der Waals surface area contributed by atoms with Gasteiger partial charge >= 0.3 is 15.6 Å². The minimum Gasteiger partial charge on any atom is -0.492 e. The fourth-order valence-corrected chi connectivity index (χ4v) is 3.81. The molecule has 0 spiro atoms. The third kappa shape index (κ3) is 1.45. The smallest absolute Gasteiger partial charge is 0.492 e. The minimum atomic E-state index is -5.99. The van der Waals surface area contributed by atoms with Gasteiger partial charge in [0.1, 0.15) is 0 Å². The maximum absolute atomic E-state index is 12.3. The summed E-state index contributed by atoms with van der Waals surface area (Å²) in [5.74, 6) is -2.20. The molecule has 4 atom stereocenters. The topological polar surface area (TPSA) is 101 Å². The maximum atomic E-state index is 12.3. The molecule has 0 aromatic carbocycles. The van der Waals surface area contributed by atoms with Crippen molar-refractivity contribution in [2.45, 2.75) is 36.0 Å². The molecule has 1 saturated heterocycles. The molecule has 4 unspecified atom stereocenters. The van der Waals surface area contributed by atoms with Crippen LogP contribution in [0.15, 0.2) is 0 Å². The summed E-state index contributed by atoms with van der Waals surface area (Å²) in [6.45, 7) is 0. The standard InChI is InChI=1S/C10H8F3NO6S/c11-10(12,13)21(17,18)20-14-8(15)4-2-1-3(5(4)9(14)16)7-6(2)19-7/h2-3,6-7,15-16H,1H2. The first-order valence-corrected chi connectivity index (χ1v) is 7.37. The number of halogens is 3. The van der Waals surface area contributed by atoms with Gasteiger partial charge in [-0.05, 0) is 6.42 Å². The number of nitrogens with zero attached hydrogens (tertiary/aromatic N) is 1. The van der Waals surface area contributed by atoms with Gasteiger partial charge in [-0.1, -0.05) is 4.73 Å². The van der Waals surface area contributed by atoms with Gasteiger partial charge in [-0.2, -0.15) is 21.6 Å². The van der Waals surface area contributed by atoms with Crippen molar-refractivity contribution in [2.24, 2.45) is 0 Å². The summed E-state index contributed by atoms with van der Waals surface area (Å²) < 4.78 is 68.0. The fourth-order valence-electron chi connectivity index (χ4n) is 3.39. The number of hydrogen-bond acceptors (Lipinski definition) is 6. The third-order valence-corrected chi connectivity index (χ3v) is 5.13. The molecule has 7 nitrogen and oxygen atoms in total. The van der Waals surface area contributed by atoms with E-state index in [2.05, 4.69) is 4.28 Å². The molecule has 0 amide bonds. The number of ether oxygens (including phenoxy) is 1. The Morgan fingerprint density at radius 1 is 1.14 bits per heavy atom. The third-order valence-electron chi connectivity index (χ3n) is 4.22. The van der Waals surface area contributed by atoms with E-state index in [-0.39, 0.29) is 39.9 Å². The Balaban J connectivity index is 1.79. The van der Waals surface area contributed by atoms with Gasteiger partial charge in [0.05, 0.1) is 12.2 Å². The molecular weight excluding hydrogens is 319 g/mol. The van der Waals surface area contributed by atoms with Crippen molar-refractivity contribution in [3.05, 3.63) is 11.1 Å².